The van der Waals surface area contributed by atoms with Gasteiger partial charge in [0.15, 0.2) is 0 Å². The van der Waals surface area contributed by atoms with Gasteiger partial charge in [-0.3, -0.25) is 4.98 Å². The fourth-order valence-electron chi connectivity index (χ4n) is 1.99. The number of H-pyrrole nitrogens is 1. The zero-order valence-electron chi connectivity index (χ0n) is 9.07. The Labute approximate surface area is 94.0 Å². The second kappa shape index (κ2) is 3.49. The third kappa shape index (κ3) is 1.48. The second-order valence-electron chi connectivity index (χ2n) is 4.00. The fraction of sp³-hybridized carbons (Fsp3) is 0.0714. The number of aromatic amines is 1. The van der Waals surface area contributed by atoms with Crippen LogP contribution in [-0.2, 0) is 0 Å². The number of hydrogen-bond acceptors (Lipinski definition) is 1. The number of rotatable bonds is 1. The Hall–Kier alpha value is -2.09. The molecule has 1 aromatic carbocycles. The molecule has 0 aliphatic heterocycles. The summed E-state index contributed by atoms with van der Waals surface area (Å²) in [5.41, 5.74) is 4.72. The number of benzene rings is 1. The molecule has 2 aromatic heterocycles. The first kappa shape index (κ1) is 9.16. The van der Waals surface area contributed by atoms with Gasteiger partial charge in [-0.05, 0) is 36.1 Å². The standard InChI is InChI=1S/C14H12N2/c1-10-7-12-5-4-11(8-14(12)16-10)13-3-2-6-15-9-13/h2-9,16H,1H3. The van der Waals surface area contributed by atoms with Crippen LogP contribution in [0.2, 0.25) is 0 Å². The van der Waals surface area contributed by atoms with E-state index in [9.17, 15) is 0 Å². The first-order valence-corrected chi connectivity index (χ1v) is 5.33. The molecule has 16 heavy (non-hydrogen) atoms. The van der Waals surface area contributed by atoms with E-state index in [1.54, 1.807) is 6.20 Å². The van der Waals surface area contributed by atoms with Crippen molar-refractivity contribution in [2.24, 2.45) is 0 Å². The van der Waals surface area contributed by atoms with Crippen molar-refractivity contribution in [2.75, 3.05) is 0 Å². The predicted molar refractivity (Wildman–Crippen MR) is 66.3 cm³/mol. The number of nitrogens with one attached hydrogen (secondary N) is 1. The maximum atomic E-state index is 4.14. The van der Waals surface area contributed by atoms with Gasteiger partial charge < -0.3 is 4.98 Å². The highest BCUT2D eigenvalue weighted by Crippen LogP contribution is 2.23. The van der Waals surface area contributed by atoms with Crippen LogP contribution < -0.4 is 0 Å². The Morgan fingerprint density at radius 2 is 2.00 bits per heavy atom. The Balaban J connectivity index is 2.18. The molecule has 0 fully saturated rings. The van der Waals surface area contributed by atoms with Gasteiger partial charge in [0.2, 0.25) is 0 Å². The zero-order valence-corrected chi connectivity index (χ0v) is 9.07. The van der Waals surface area contributed by atoms with E-state index in [-0.39, 0.29) is 0 Å². The van der Waals surface area contributed by atoms with Crippen molar-refractivity contribution in [3.05, 3.63) is 54.5 Å². The van der Waals surface area contributed by atoms with E-state index < -0.39 is 0 Å². The lowest BCUT2D eigenvalue weighted by molar-refractivity contribution is 1.30. The van der Waals surface area contributed by atoms with Crippen LogP contribution in [0, 0.1) is 6.92 Å². The summed E-state index contributed by atoms with van der Waals surface area (Å²) in [6, 6.07) is 12.6. The molecule has 0 bridgehead atoms. The molecule has 1 N–H and O–H groups in total. The van der Waals surface area contributed by atoms with E-state index in [0.29, 0.717) is 0 Å². The number of hydrogen-bond donors (Lipinski definition) is 1. The van der Waals surface area contributed by atoms with Crippen LogP contribution in [0.1, 0.15) is 5.69 Å². The molecule has 0 aliphatic carbocycles. The van der Waals surface area contributed by atoms with Gasteiger partial charge in [-0.25, -0.2) is 0 Å². The van der Waals surface area contributed by atoms with Gasteiger partial charge >= 0.3 is 0 Å². The summed E-state index contributed by atoms with van der Waals surface area (Å²) >= 11 is 0. The van der Waals surface area contributed by atoms with Crippen molar-refractivity contribution in [1.82, 2.24) is 9.97 Å². The molecule has 0 atom stereocenters. The van der Waals surface area contributed by atoms with Gasteiger partial charge in [0.05, 0.1) is 0 Å². The summed E-state index contributed by atoms with van der Waals surface area (Å²) < 4.78 is 0. The molecule has 3 rings (SSSR count). The molecular formula is C14H12N2. The molecule has 0 saturated heterocycles. The first-order valence-electron chi connectivity index (χ1n) is 5.33. The van der Waals surface area contributed by atoms with Gasteiger partial charge in [-0.1, -0.05) is 18.2 Å². The third-order valence-electron chi connectivity index (χ3n) is 2.75. The van der Waals surface area contributed by atoms with Crippen LogP contribution >= 0.6 is 0 Å². The molecule has 0 unspecified atom stereocenters. The van der Waals surface area contributed by atoms with Crippen LogP contribution in [0.4, 0.5) is 0 Å². The number of nitrogens with zero attached hydrogens (tertiary/aromatic N) is 1. The van der Waals surface area contributed by atoms with Gasteiger partial charge in [0.1, 0.15) is 0 Å². The largest absolute Gasteiger partial charge is 0.359 e. The molecule has 2 nitrogen and oxygen atoms in total. The molecule has 3 aromatic rings. The zero-order chi connectivity index (χ0) is 11.0. The van der Waals surface area contributed by atoms with E-state index in [2.05, 4.69) is 47.2 Å². The molecule has 0 amide bonds. The third-order valence-corrected chi connectivity index (χ3v) is 2.75. The summed E-state index contributed by atoms with van der Waals surface area (Å²) in [6.45, 7) is 2.07. The SMILES string of the molecule is Cc1cc2ccc(-c3cccnc3)cc2[nH]1. The van der Waals surface area contributed by atoms with Gasteiger partial charge in [-0.2, -0.15) is 0 Å². The molecule has 78 valence electrons. The maximum absolute atomic E-state index is 4.14. The number of aromatic nitrogens is 2. The monoisotopic (exact) mass is 208 g/mol. The Bertz CT molecular complexity index is 624. The minimum absolute atomic E-state index is 1.15. The molecule has 0 saturated carbocycles. The Kier molecular flexibility index (Phi) is 2.00. The van der Waals surface area contributed by atoms with E-state index >= 15 is 0 Å². The summed E-state index contributed by atoms with van der Waals surface area (Å²) in [5, 5.41) is 1.25. The van der Waals surface area contributed by atoms with Crippen molar-refractivity contribution < 1.29 is 0 Å². The summed E-state index contributed by atoms with van der Waals surface area (Å²) in [6.07, 6.45) is 3.68. The summed E-state index contributed by atoms with van der Waals surface area (Å²) in [4.78, 5) is 7.48. The van der Waals surface area contributed by atoms with E-state index in [1.165, 1.54) is 22.2 Å². The average molecular weight is 208 g/mol. The van der Waals surface area contributed by atoms with Crippen molar-refractivity contribution in [3.8, 4) is 11.1 Å². The highest BCUT2D eigenvalue weighted by Gasteiger charge is 2.01. The predicted octanol–water partition coefficient (Wildman–Crippen LogP) is 3.54. The highest BCUT2D eigenvalue weighted by molar-refractivity contribution is 5.85. The van der Waals surface area contributed by atoms with Crippen molar-refractivity contribution in [1.29, 1.82) is 0 Å². The first-order chi connectivity index (χ1) is 7.83. The minimum atomic E-state index is 1.15. The van der Waals surface area contributed by atoms with E-state index in [1.807, 2.05) is 12.3 Å². The van der Waals surface area contributed by atoms with Crippen LogP contribution in [0.3, 0.4) is 0 Å². The van der Waals surface area contributed by atoms with Crippen LogP contribution in [0.5, 0.6) is 0 Å². The summed E-state index contributed by atoms with van der Waals surface area (Å²) in [5.74, 6) is 0. The smallest absolute Gasteiger partial charge is 0.0462 e. The lowest BCUT2D eigenvalue weighted by atomic mass is 10.1. The van der Waals surface area contributed by atoms with Gasteiger partial charge in [0, 0.05) is 29.2 Å². The number of aryl methyl sites for hydroxylation is 1. The fourth-order valence-corrected chi connectivity index (χ4v) is 1.99. The van der Waals surface area contributed by atoms with Crippen LogP contribution in [0.25, 0.3) is 22.0 Å². The van der Waals surface area contributed by atoms with Gasteiger partial charge in [-0.15, -0.1) is 0 Å². The topological polar surface area (TPSA) is 28.7 Å². The molecule has 2 heterocycles. The lowest BCUT2D eigenvalue weighted by Crippen LogP contribution is -1.79. The molecule has 0 radical (unpaired) electrons. The Morgan fingerprint density at radius 3 is 2.81 bits per heavy atom. The van der Waals surface area contributed by atoms with Crippen molar-refractivity contribution in [2.45, 2.75) is 6.92 Å². The van der Waals surface area contributed by atoms with E-state index in [4.69, 9.17) is 0 Å². The number of pyridine rings is 1. The molecule has 0 aliphatic rings. The molecular weight excluding hydrogens is 196 g/mol. The van der Waals surface area contributed by atoms with E-state index in [0.717, 1.165) is 5.56 Å². The van der Waals surface area contributed by atoms with Gasteiger partial charge in [0.25, 0.3) is 0 Å². The molecule has 2 heteroatoms. The normalized spacial score (nSPS) is 10.8. The quantitative estimate of drug-likeness (QED) is 0.651. The lowest BCUT2D eigenvalue weighted by Gasteiger charge is -2.00. The second-order valence-corrected chi connectivity index (χ2v) is 4.00. The average Bonchev–Trinajstić information content (AvgIpc) is 2.69. The van der Waals surface area contributed by atoms with Crippen molar-refractivity contribution in [3.63, 3.8) is 0 Å². The Morgan fingerprint density at radius 1 is 1.06 bits per heavy atom. The number of fused-ring (bicyclic) bond motifs is 1. The molecule has 0 spiro atoms. The highest BCUT2D eigenvalue weighted by atomic mass is 14.7. The van der Waals surface area contributed by atoms with Crippen LogP contribution in [-0.4, -0.2) is 9.97 Å². The van der Waals surface area contributed by atoms with Crippen LogP contribution in [0.15, 0.2) is 48.8 Å². The maximum Gasteiger partial charge on any atom is 0.0462 e. The van der Waals surface area contributed by atoms with Crippen molar-refractivity contribution >= 4 is 10.9 Å². The summed E-state index contributed by atoms with van der Waals surface area (Å²) in [7, 11) is 0. The minimum Gasteiger partial charge on any atom is -0.359 e.